The second-order valence-electron chi connectivity index (χ2n) is 7.75. The number of nitrogens with one attached hydrogen (secondary N) is 2. The molecule has 0 radical (unpaired) electrons. The van der Waals surface area contributed by atoms with Crippen LogP contribution in [0.3, 0.4) is 0 Å². The molecule has 0 amide bonds. The van der Waals surface area contributed by atoms with E-state index in [1.54, 1.807) is 0 Å². The predicted octanol–water partition coefficient (Wildman–Crippen LogP) is 4.56. The molecule has 1 aromatic carbocycles. The second kappa shape index (κ2) is 8.87. The number of nitrogens with zero attached hydrogens (tertiary/aromatic N) is 1. The van der Waals surface area contributed by atoms with E-state index in [9.17, 15) is 4.79 Å². The van der Waals surface area contributed by atoms with Crippen molar-refractivity contribution in [3.05, 3.63) is 45.2 Å². The van der Waals surface area contributed by atoms with Crippen LogP contribution in [0.5, 0.6) is 0 Å². The van der Waals surface area contributed by atoms with E-state index in [1.807, 2.05) is 6.07 Å². The Hall–Kier alpha value is -1.88. The van der Waals surface area contributed by atoms with Gasteiger partial charge in [-0.1, -0.05) is 38.3 Å². The molecule has 4 nitrogen and oxygen atoms in total. The molecule has 1 fully saturated rings. The van der Waals surface area contributed by atoms with Gasteiger partial charge < -0.3 is 15.2 Å². The third-order valence-corrected chi connectivity index (χ3v) is 6.18. The molecule has 1 heterocycles. The fraction of sp³-hybridized carbons (Fsp3) is 0.545. The Bertz CT molecular complexity index is 868. The van der Waals surface area contributed by atoms with Crippen LogP contribution in [0.1, 0.15) is 62.1 Å². The van der Waals surface area contributed by atoms with Gasteiger partial charge in [-0.3, -0.25) is 4.79 Å². The predicted molar refractivity (Wildman–Crippen MR) is 117 cm³/mol. The lowest BCUT2D eigenvalue weighted by Crippen LogP contribution is -2.45. The fourth-order valence-corrected chi connectivity index (χ4v) is 4.24. The lowest BCUT2D eigenvalue weighted by Gasteiger charge is -2.31. The number of aryl methyl sites for hydroxylation is 2. The smallest absolute Gasteiger partial charge is 0.253 e. The largest absolute Gasteiger partial charge is 0.363 e. The number of pyridine rings is 1. The summed E-state index contributed by atoms with van der Waals surface area (Å²) in [6.45, 7) is 7.78. The first-order chi connectivity index (χ1) is 13.0. The van der Waals surface area contributed by atoms with Crippen LogP contribution in [0.2, 0.25) is 0 Å². The lowest BCUT2D eigenvalue weighted by atomic mass is 10.0. The molecule has 0 bridgehead atoms. The molecule has 146 valence electrons. The Labute approximate surface area is 167 Å². The summed E-state index contributed by atoms with van der Waals surface area (Å²) in [5.74, 6) is 0. The lowest BCUT2D eigenvalue weighted by molar-refractivity contribution is 0.302. The summed E-state index contributed by atoms with van der Waals surface area (Å²) in [4.78, 5) is 18.1. The van der Waals surface area contributed by atoms with Crippen LogP contribution in [0.15, 0.2) is 23.0 Å². The fourth-order valence-electron chi connectivity index (χ4n) is 3.93. The molecule has 5 heteroatoms. The van der Waals surface area contributed by atoms with Crippen LogP contribution < -0.4 is 10.9 Å². The topological polar surface area (TPSA) is 48.1 Å². The van der Waals surface area contributed by atoms with Crippen molar-refractivity contribution < 1.29 is 0 Å². The highest BCUT2D eigenvalue weighted by Gasteiger charge is 2.25. The maximum atomic E-state index is 12.8. The monoisotopic (exact) mass is 385 g/mol. The molecule has 0 unspecified atom stereocenters. The van der Waals surface area contributed by atoms with Crippen molar-refractivity contribution in [3.8, 4) is 0 Å². The highest BCUT2D eigenvalue weighted by molar-refractivity contribution is 7.80. The van der Waals surface area contributed by atoms with Gasteiger partial charge in [-0.25, -0.2) is 0 Å². The third-order valence-electron chi connectivity index (χ3n) is 5.80. The number of hydrogen-bond donors (Lipinski definition) is 2. The molecule has 0 aliphatic heterocycles. The molecule has 3 rings (SSSR count). The van der Waals surface area contributed by atoms with Gasteiger partial charge in [0.05, 0.1) is 12.1 Å². The quantitative estimate of drug-likeness (QED) is 0.565. The van der Waals surface area contributed by atoms with Gasteiger partial charge in [0.1, 0.15) is 0 Å². The zero-order chi connectivity index (χ0) is 19.4. The van der Waals surface area contributed by atoms with Crippen LogP contribution in [0.25, 0.3) is 10.9 Å². The summed E-state index contributed by atoms with van der Waals surface area (Å²) in [6.07, 6.45) is 7.03. The first-order valence-corrected chi connectivity index (χ1v) is 10.6. The average Bonchev–Trinajstić information content (AvgIpc) is 3.18. The van der Waals surface area contributed by atoms with Gasteiger partial charge in [0.25, 0.3) is 5.56 Å². The number of hydrogen-bond acceptors (Lipinski definition) is 2. The number of H-pyrrole nitrogens is 1. The van der Waals surface area contributed by atoms with Crippen LogP contribution >= 0.6 is 12.2 Å². The van der Waals surface area contributed by atoms with E-state index in [-0.39, 0.29) is 5.56 Å². The molecular formula is C22H31N3OS. The third kappa shape index (κ3) is 4.52. The minimum absolute atomic E-state index is 0.00412. The van der Waals surface area contributed by atoms with Crippen LogP contribution in [0.4, 0.5) is 0 Å². The second-order valence-corrected chi connectivity index (χ2v) is 8.13. The molecule has 2 aromatic rings. The van der Waals surface area contributed by atoms with E-state index in [0.717, 1.165) is 59.4 Å². The van der Waals surface area contributed by atoms with Crippen molar-refractivity contribution in [2.45, 2.75) is 71.9 Å². The first-order valence-electron chi connectivity index (χ1n) is 10.2. The first kappa shape index (κ1) is 19.9. The van der Waals surface area contributed by atoms with Gasteiger partial charge in [0.2, 0.25) is 0 Å². The molecule has 27 heavy (non-hydrogen) atoms. The highest BCUT2D eigenvalue weighted by atomic mass is 32.1. The van der Waals surface area contributed by atoms with Crippen molar-refractivity contribution in [2.75, 3.05) is 6.54 Å². The minimum Gasteiger partial charge on any atom is -0.363 e. The Balaban J connectivity index is 1.88. The van der Waals surface area contributed by atoms with Crippen LogP contribution in [-0.4, -0.2) is 27.6 Å². The van der Waals surface area contributed by atoms with E-state index in [0.29, 0.717) is 12.6 Å². The van der Waals surface area contributed by atoms with E-state index < -0.39 is 0 Å². The van der Waals surface area contributed by atoms with Crippen LogP contribution in [0, 0.1) is 13.8 Å². The van der Waals surface area contributed by atoms with Crippen molar-refractivity contribution >= 4 is 28.2 Å². The Morgan fingerprint density at radius 1 is 1.30 bits per heavy atom. The zero-order valence-electron chi connectivity index (χ0n) is 16.7. The molecule has 0 atom stereocenters. The van der Waals surface area contributed by atoms with Gasteiger partial charge in [0, 0.05) is 18.2 Å². The molecule has 1 saturated carbocycles. The SMILES string of the molecule is CCCCNC(=S)N(Cc1cc2ccc(C)c(C)c2[nH]c1=O)C1CCCC1. The van der Waals surface area contributed by atoms with E-state index in [4.69, 9.17) is 12.2 Å². The summed E-state index contributed by atoms with van der Waals surface area (Å²) in [7, 11) is 0. The molecular weight excluding hydrogens is 354 g/mol. The number of aromatic nitrogens is 1. The van der Waals surface area contributed by atoms with Gasteiger partial charge in [-0.05, 0) is 67.9 Å². The van der Waals surface area contributed by atoms with Crippen molar-refractivity contribution in [3.63, 3.8) is 0 Å². The van der Waals surface area contributed by atoms with Crippen molar-refractivity contribution in [1.82, 2.24) is 15.2 Å². The standard InChI is InChI=1S/C22H31N3OS/c1-4-5-12-23-22(27)25(19-8-6-7-9-19)14-18-13-17-11-10-15(2)16(3)20(17)24-21(18)26/h10-11,13,19H,4-9,12,14H2,1-3H3,(H,23,27)(H,24,26). The number of fused-ring (bicyclic) bond motifs is 1. The van der Waals surface area contributed by atoms with Gasteiger partial charge in [0.15, 0.2) is 5.11 Å². The molecule has 0 spiro atoms. The maximum absolute atomic E-state index is 12.8. The number of thiocarbonyl (C=S) groups is 1. The molecule has 1 aromatic heterocycles. The highest BCUT2D eigenvalue weighted by Crippen LogP contribution is 2.26. The minimum atomic E-state index is -0.00412. The van der Waals surface area contributed by atoms with Crippen LogP contribution in [-0.2, 0) is 6.54 Å². The maximum Gasteiger partial charge on any atom is 0.253 e. The Kier molecular flexibility index (Phi) is 6.53. The summed E-state index contributed by atoms with van der Waals surface area (Å²) in [6, 6.07) is 6.68. The summed E-state index contributed by atoms with van der Waals surface area (Å²) < 4.78 is 0. The zero-order valence-corrected chi connectivity index (χ0v) is 17.5. The number of benzene rings is 1. The number of rotatable bonds is 6. The van der Waals surface area contributed by atoms with Crippen molar-refractivity contribution in [2.24, 2.45) is 0 Å². The molecule has 1 aliphatic carbocycles. The Morgan fingerprint density at radius 3 is 2.74 bits per heavy atom. The summed E-state index contributed by atoms with van der Waals surface area (Å²) >= 11 is 5.70. The van der Waals surface area contributed by atoms with E-state index in [2.05, 4.69) is 48.1 Å². The number of unbranched alkanes of at least 4 members (excludes halogenated alkanes) is 1. The normalized spacial score (nSPS) is 14.6. The Morgan fingerprint density at radius 2 is 2.04 bits per heavy atom. The molecule has 1 aliphatic rings. The van der Waals surface area contributed by atoms with E-state index >= 15 is 0 Å². The van der Waals surface area contributed by atoms with Gasteiger partial charge in [-0.15, -0.1) is 0 Å². The molecule has 2 N–H and O–H groups in total. The number of aromatic amines is 1. The average molecular weight is 386 g/mol. The summed E-state index contributed by atoms with van der Waals surface area (Å²) in [5.41, 5.74) is 4.06. The van der Waals surface area contributed by atoms with Gasteiger partial charge >= 0.3 is 0 Å². The molecule has 0 saturated heterocycles. The van der Waals surface area contributed by atoms with Gasteiger partial charge in [-0.2, -0.15) is 0 Å². The van der Waals surface area contributed by atoms with E-state index in [1.165, 1.54) is 18.4 Å². The summed E-state index contributed by atoms with van der Waals surface area (Å²) in [5, 5.41) is 5.27. The van der Waals surface area contributed by atoms with Crippen molar-refractivity contribution in [1.29, 1.82) is 0 Å².